The van der Waals surface area contributed by atoms with Crippen LogP contribution in [0.3, 0.4) is 0 Å². The van der Waals surface area contributed by atoms with E-state index in [9.17, 15) is 12.8 Å². The molecule has 0 saturated carbocycles. The molecular formula is C11H10BrFN2O2S2. The van der Waals surface area contributed by atoms with Crippen LogP contribution in [0.15, 0.2) is 27.6 Å². The molecule has 4 nitrogen and oxygen atoms in total. The normalized spacial score (nSPS) is 11.6. The van der Waals surface area contributed by atoms with Crippen LogP contribution in [-0.2, 0) is 10.0 Å². The van der Waals surface area contributed by atoms with E-state index in [0.29, 0.717) is 0 Å². The maximum absolute atomic E-state index is 13.4. The van der Waals surface area contributed by atoms with Crippen LogP contribution in [-0.4, -0.2) is 13.4 Å². The van der Waals surface area contributed by atoms with Crippen LogP contribution in [0.4, 0.5) is 9.52 Å². The smallest absolute Gasteiger partial charge is 0.255 e. The fourth-order valence-electron chi connectivity index (χ4n) is 1.33. The molecule has 8 heteroatoms. The number of halogens is 2. The Labute approximate surface area is 122 Å². The van der Waals surface area contributed by atoms with Gasteiger partial charge in [0, 0.05) is 4.88 Å². The van der Waals surface area contributed by atoms with Gasteiger partial charge in [0.15, 0.2) is 5.13 Å². The van der Waals surface area contributed by atoms with E-state index in [-0.39, 0.29) is 14.5 Å². The molecule has 0 aliphatic carbocycles. The average molecular weight is 365 g/mol. The molecule has 0 fully saturated rings. The first-order valence-corrected chi connectivity index (χ1v) is 8.31. The Balaban J connectivity index is 2.34. The second kappa shape index (κ2) is 5.18. The van der Waals surface area contributed by atoms with Crippen molar-refractivity contribution in [2.24, 2.45) is 0 Å². The number of nitrogens with one attached hydrogen (secondary N) is 1. The van der Waals surface area contributed by atoms with E-state index in [1.165, 1.54) is 23.5 Å². The number of anilines is 1. The minimum Gasteiger partial charge on any atom is -0.255 e. The molecule has 0 spiro atoms. The van der Waals surface area contributed by atoms with Gasteiger partial charge in [0.05, 0.1) is 15.1 Å². The second-order valence-electron chi connectivity index (χ2n) is 3.84. The second-order valence-corrected chi connectivity index (χ2v) is 7.58. The standard InChI is InChI=1S/C11H10BrFN2O2S2/c1-6-7(2)18-11(14-6)15-19(16,17)8-3-4-9(12)10(13)5-8/h3-5H,1-2H3,(H,14,15). The van der Waals surface area contributed by atoms with Crippen molar-refractivity contribution in [3.8, 4) is 0 Å². The van der Waals surface area contributed by atoms with Crippen molar-refractivity contribution < 1.29 is 12.8 Å². The first kappa shape index (κ1) is 14.4. The van der Waals surface area contributed by atoms with Gasteiger partial charge in [0.25, 0.3) is 10.0 Å². The van der Waals surface area contributed by atoms with Gasteiger partial charge < -0.3 is 0 Å². The zero-order valence-electron chi connectivity index (χ0n) is 10.1. The summed E-state index contributed by atoms with van der Waals surface area (Å²) in [5.74, 6) is -0.630. The molecule has 1 N–H and O–H groups in total. The van der Waals surface area contributed by atoms with Crippen LogP contribution in [0.5, 0.6) is 0 Å². The molecule has 0 bridgehead atoms. The molecule has 0 atom stereocenters. The maximum Gasteiger partial charge on any atom is 0.263 e. The molecule has 0 aliphatic heterocycles. The Morgan fingerprint density at radius 1 is 1.37 bits per heavy atom. The number of hydrogen-bond acceptors (Lipinski definition) is 4. The molecular weight excluding hydrogens is 355 g/mol. The fourth-order valence-corrected chi connectivity index (χ4v) is 3.64. The van der Waals surface area contributed by atoms with E-state index < -0.39 is 15.8 Å². The SMILES string of the molecule is Cc1nc(NS(=O)(=O)c2ccc(Br)c(F)c2)sc1C. The summed E-state index contributed by atoms with van der Waals surface area (Å²) in [4.78, 5) is 4.88. The van der Waals surface area contributed by atoms with Crippen molar-refractivity contribution >= 4 is 42.4 Å². The molecule has 19 heavy (non-hydrogen) atoms. The maximum atomic E-state index is 13.4. The van der Waals surface area contributed by atoms with Gasteiger partial charge in [-0.05, 0) is 48.0 Å². The van der Waals surface area contributed by atoms with Crippen LogP contribution in [0, 0.1) is 19.7 Å². The molecule has 1 heterocycles. The van der Waals surface area contributed by atoms with Gasteiger partial charge in [-0.2, -0.15) is 0 Å². The first-order chi connectivity index (χ1) is 8.79. The summed E-state index contributed by atoms with van der Waals surface area (Å²) in [7, 11) is -3.82. The van der Waals surface area contributed by atoms with E-state index in [0.717, 1.165) is 16.6 Å². The summed E-state index contributed by atoms with van der Waals surface area (Å²) >= 11 is 4.21. The Bertz CT molecular complexity index is 709. The lowest BCUT2D eigenvalue weighted by atomic mass is 10.3. The number of rotatable bonds is 3. The topological polar surface area (TPSA) is 59.1 Å². The zero-order chi connectivity index (χ0) is 14.2. The van der Waals surface area contributed by atoms with Crippen LogP contribution >= 0.6 is 27.3 Å². The number of nitrogens with zero attached hydrogens (tertiary/aromatic N) is 1. The fraction of sp³-hybridized carbons (Fsp3) is 0.182. The molecule has 102 valence electrons. The van der Waals surface area contributed by atoms with Crippen LogP contribution in [0.2, 0.25) is 0 Å². The highest BCUT2D eigenvalue weighted by atomic mass is 79.9. The van der Waals surface area contributed by atoms with Crippen LogP contribution in [0.25, 0.3) is 0 Å². The number of aryl methyl sites for hydroxylation is 2. The molecule has 1 aromatic carbocycles. The lowest BCUT2D eigenvalue weighted by Crippen LogP contribution is -2.13. The van der Waals surface area contributed by atoms with Crippen LogP contribution in [0.1, 0.15) is 10.6 Å². The van der Waals surface area contributed by atoms with Gasteiger partial charge in [0.2, 0.25) is 0 Å². The summed E-state index contributed by atoms with van der Waals surface area (Å²) in [5.41, 5.74) is 0.768. The Kier molecular flexibility index (Phi) is 3.93. The highest BCUT2D eigenvalue weighted by Gasteiger charge is 2.18. The van der Waals surface area contributed by atoms with Crippen molar-refractivity contribution in [2.45, 2.75) is 18.7 Å². The van der Waals surface area contributed by atoms with Crippen molar-refractivity contribution in [2.75, 3.05) is 4.72 Å². The number of aromatic nitrogens is 1. The van der Waals surface area contributed by atoms with Crippen molar-refractivity contribution in [1.82, 2.24) is 4.98 Å². The first-order valence-electron chi connectivity index (χ1n) is 5.21. The Morgan fingerprint density at radius 3 is 2.58 bits per heavy atom. The molecule has 0 saturated heterocycles. The summed E-state index contributed by atoms with van der Waals surface area (Å²) in [5, 5.41) is 0.276. The highest BCUT2D eigenvalue weighted by molar-refractivity contribution is 9.10. The van der Waals surface area contributed by atoms with E-state index in [1.54, 1.807) is 6.92 Å². The Hall–Kier alpha value is -0.990. The molecule has 0 aliphatic rings. The third kappa shape index (κ3) is 3.13. The zero-order valence-corrected chi connectivity index (χ0v) is 13.3. The monoisotopic (exact) mass is 364 g/mol. The van der Waals surface area contributed by atoms with Gasteiger partial charge in [-0.1, -0.05) is 0 Å². The van der Waals surface area contributed by atoms with Gasteiger partial charge in [-0.3, -0.25) is 4.72 Å². The van der Waals surface area contributed by atoms with Gasteiger partial charge in [0.1, 0.15) is 5.82 Å². The Morgan fingerprint density at radius 2 is 2.05 bits per heavy atom. The molecule has 0 unspecified atom stereocenters. The predicted molar refractivity (Wildman–Crippen MR) is 76.5 cm³/mol. The average Bonchev–Trinajstić information content (AvgIpc) is 2.60. The number of thiazole rings is 1. The number of benzene rings is 1. The lowest BCUT2D eigenvalue weighted by Gasteiger charge is -2.05. The van der Waals surface area contributed by atoms with Gasteiger partial charge >= 0.3 is 0 Å². The third-order valence-electron chi connectivity index (χ3n) is 2.45. The molecule has 1 aromatic heterocycles. The summed E-state index contributed by atoms with van der Waals surface area (Å²) in [6.07, 6.45) is 0. The number of hydrogen-bond donors (Lipinski definition) is 1. The molecule has 0 amide bonds. The predicted octanol–water partition coefficient (Wildman–Crippen LogP) is 3.46. The molecule has 2 rings (SSSR count). The van der Waals surface area contributed by atoms with Gasteiger partial charge in [-0.15, -0.1) is 11.3 Å². The summed E-state index contributed by atoms with van der Waals surface area (Å²) in [6, 6.07) is 3.63. The molecule has 2 aromatic rings. The molecule has 0 radical (unpaired) electrons. The largest absolute Gasteiger partial charge is 0.263 e. The van der Waals surface area contributed by atoms with Crippen molar-refractivity contribution in [1.29, 1.82) is 0 Å². The van der Waals surface area contributed by atoms with Crippen molar-refractivity contribution in [3.63, 3.8) is 0 Å². The lowest BCUT2D eigenvalue weighted by molar-refractivity contribution is 0.593. The van der Waals surface area contributed by atoms with Gasteiger partial charge in [-0.25, -0.2) is 17.8 Å². The minimum atomic E-state index is -3.82. The van der Waals surface area contributed by atoms with E-state index in [4.69, 9.17) is 0 Å². The number of sulfonamides is 1. The third-order valence-corrected chi connectivity index (χ3v) is 5.55. The van der Waals surface area contributed by atoms with E-state index in [2.05, 4.69) is 25.6 Å². The van der Waals surface area contributed by atoms with Crippen molar-refractivity contribution in [3.05, 3.63) is 39.1 Å². The quantitative estimate of drug-likeness (QED) is 0.906. The van der Waals surface area contributed by atoms with Crippen LogP contribution < -0.4 is 4.72 Å². The minimum absolute atomic E-state index is 0.140. The van der Waals surface area contributed by atoms with E-state index in [1.807, 2.05) is 6.92 Å². The van der Waals surface area contributed by atoms with E-state index >= 15 is 0 Å². The highest BCUT2D eigenvalue weighted by Crippen LogP contribution is 2.25. The summed E-state index contributed by atoms with van der Waals surface area (Å²) in [6.45, 7) is 3.65. The summed E-state index contributed by atoms with van der Waals surface area (Å²) < 4.78 is 40.0.